The molecule has 0 aliphatic rings. The van der Waals surface area contributed by atoms with E-state index in [1.807, 2.05) is 0 Å². The van der Waals surface area contributed by atoms with Crippen LogP contribution in [0.3, 0.4) is 0 Å². The summed E-state index contributed by atoms with van der Waals surface area (Å²) in [6.45, 7) is 0. The third-order valence-electron chi connectivity index (χ3n) is 5.38. The first kappa shape index (κ1) is 29.1. The number of carbonyl (C=O) groups is 4. The molecule has 200 valence electrons. The molecule has 0 atom stereocenters. The lowest BCUT2D eigenvalue weighted by atomic mass is 9.71. The second-order valence-electron chi connectivity index (χ2n) is 7.23. The van der Waals surface area contributed by atoms with E-state index in [2.05, 4.69) is 18.9 Å². The lowest BCUT2D eigenvalue weighted by Crippen LogP contribution is -2.55. The van der Waals surface area contributed by atoms with Gasteiger partial charge in [-0.25, -0.2) is 19.2 Å². The molecule has 0 bridgehead atoms. The SMILES string of the molecule is COC(=O)c1ccc(C(c2ccc(C(=O)OC)c(C(=O)OC)c2)(C(F)(F)F)C(F)(F)F)cc1C(=O)OC. The average Bonchev–Trinajstić information content (AvgIpc) is 2.85. The highest BCUT2D eigenvalue weighted by Crippen LogP contribution is 2.56. The number of rotatable bonds is 6. The van der Waals surface area contributed by atoms with Gasteiger partial charge in [0.1, 0.15) is 0 Å². The van der Waals surface area contributed by atoms with Crippen LogP contribution in [0, 0.1) is 0 Å². The number of benzene rings is 2. The Morgan fingerprint density at radius 1 is 0.514 bits per heavy atom. The molecule has 0 radical (unpaired) electrons. The Bertz CT molecular complexity index is 1140. The number of halogens is 6. The van der Waals surface area contributed by atoms with Gasteiger partial charge in [-0.15, -0.1) is 0 Å². The summed E-state index contributed by atoms with van der Waals surface area (Å²) in [5.74, 6) is -5.30. The van der Waals surface area contributed by atoms with E-state index < -0.39 is 75.0 Å². The van der Waals surface area contributed by atoms with Crippen LogP contribution >= 0.6 is 0 Å². The number of ether oxygens (including phenoxy) is 4. The summed E-state index contributed by atoms with van der Waals surface area (Å²) in [7, 11) is 3.35. The molecule has 0 N–H and O–H groups in total. The van der Waals surface area contributed by atoms with Gasteiger partial charge in [0.2, 0.25) is 5.41 Å². The van der Waals surface area contributed by atoms with Crippen LogP contribution in [0.5, 0.6) is 0 Å². The van der Waals surface area contributed by atoms with E-state index in [-0.39, 0.29) is 12.1 Å². The molecule has 2 rings (SSSR count). The predicted octanol–water partition coefficient (Wildman–Crippen LogP) is 4.24. The van der Waals surface area contributed by atoms with Crippen LogP contribution in [0.4, 0.5) is 26.3 Å². The molecule has 37 heavy (non-hydrogen) atoms. The summed E-state index contributed by atoms with van der Waals surface area (Å²) in [6, 6.07) is 2.17. The van der Waals surface area contributed by atoms with Crippen molar-refractivity contribution in [3.63, 3.8) is 0 Å². The number of hydrogen-bond donors (Lipinski definition) is 0. The third kappa shape index (κ3) is 4.95. The van der Waals surface area contributed by atoms with Crippen LogP contribution in [-0.2, 0) is 24.4 Å². The maximum atomic E-state index is 14.6. The molecule has 0 heterocycles. The zero-order valence-corrected chi connectivity index (χ0v) is 19.5. The van der Waals surface area contributed by atoms with E-state index in [0.717, 1.165) is 28.4 Å². The van der Waals surface area contributed by atoms with Crippen molar-refractivity contribution in [1.82, 2.24) is 0 Å². The highest BCUT2D eigenvalue weighted by atomic mass is 19.4. The van der Waals surface area contributed by atoms with Crippen LogP contribution in [0.25, 0.3) is 0 Å². The number of hydrogen-bond acceptors (Lipinski definition) is 8. The summed E-state index contributed by atoms with van der Waals surface area (Å²) < 4.78 is 105. The molecule has 8 nitrogen and oxygen atoms in total. The van der Waals surface area contributed by atoms with Crippen molar-refractivity contribution >= 4 is 23.9 Å². The molecule has 0 unspecified atom stereocenters. The van der Waals surface area contributed by atoms with Crippen LogP contribution in [0.2, 0.25) is 0 Å². The third-order valence-corrected chi connectivity index (χ3v) is 5.38. The van der Waals surface area contributed by atoms with Crippen molar-refractivity contribution in [3.05, 3.63) is 69.8 Å². The molecule has 2 aromatic carbocycles. The highest BCUT2D eigenvalue weighted by molar-refractivity contribution is 6.04. The van der Waals surface area contributed by atoms with Gasteiger partial charge in [-0.2, -0.15) is 26.3 Å². The zero-order chi connectivity index (χ0) is 28.3. The van der Waals surface area contributed by atoms with Gasteiger partial charge in [0.05, 0.1) is 50.7 Å². The first-order valence-electron chi connectivity index (χ1n) is 9.88. The maximum absolute atomic E-state index is 14.6. The van der Waals surface area contributed by atoms with Crippen molar-refractivity contribution in [3.8, 4) is 0 Å². The molecule has 0 aliphatic heterocycles. The number of alkyl halides is 6. The van der Waals surface area contributed by atoms with Gasteiger partial charge in [0.25, 0.3) is 0 Å². The van der Waals surface area contributed by atoms with Crippen LogP contribution in [0.15, 0.2) is 36.4 Å². The minimum absolute atomic E-state index is 0.200. The van der Waals surface area contributed by atoms with Gasteiger partial charge in [-0.05, 0) is 35.4 Å². The second-order valence-corrected chi connectivity index (χ2v) is 7.23. The molecule has 0 fully saturated rings. The molecular weight excluding hydrogens is 518 g/mol. The Hall–Kier alpha value is -4.10. The molecular formula is C23H18F6O8. The molecule has 0 spiro atoms. The van der Waals surface area contributed by atoms with Gasteiger partial charge >= 0.3 is 36.2 Å². The van der Waals surface area contributed by atoms with E-state index in [1.165, 1.54) is 0 Å². The van der Waals surface area contributed by atoms with Gasteiger partial charge in [-0.1, -0.05) is 12.1 Å². The lowest BCUT2D eigenvalue weighted by Gasteiger charge is -2.38. The smallest absolute Gasteiger partial charge is 0.411 e. The quantitative estimate of drug-likeness (QED) is 0.307. The molecule has 2 aromatic rings. The maximum Gasteiger partial charge on any atom is 0.411 e. The fourth-order valence-corrected chi connectivity index (χ4v) is 3.67. The largest absolute Gasteiger partial charge is 0.465 e. The van der Waals surface area contributed by atoms with Crippen LogP contribution < -0.4 is 0 Å². The summed E-state index contributed by atoms with van der Waals surface area (Å²) >= 11 is 0. The van der Waals surface area contributed by atoms with Crippen molar-refractivity contribution < 1.29 is 64.5 Å². The van der Waals surface area contributed by atoms with E-state index in [0.29, 0.717) is 24.3 Å². The van der Waals surface area contributed by atoms with Crippen molar-refractivity contribution in [1.29, 1.82) is 0 Å². The fourth-order valence-electron chi connectivity index (χ4n) is 3.67. The van der Waals surface area contributed by atoms with Crippen LogP contribution in [-0.4, -0.2) is 64.7 Å². The monoisotopic (exact) mass is 536 g/mol. The lowest BCUT2D eigenvalue weighted by molar-refractivity contribution is -0.288. The molecule has 0 amide bonds. The number of carbonyl (C=O) groups excluding carboxylic acids is 4. The van der Waals surface area contributed by atoms with Crippen molar-refractivity contribution in [2.24, 2.45) is 0 Å². The van der Waals surface area contributed by atoms with Crippen molar-refractivity contribution in [2.45, 2.75) is 17.8 Å². The molecule has 14 heteroatoms. The summed E-state index contributed by atoms with van der Waals surface area (Å²) in [5, 5.41) is 0. The molecule has 0 aliphatic carbocycles. The number of esters is 4. The first-order chi connectivity index (χ1) is 17.1. The minimum Gasteiger partial charge on any atom is -0.465 e. The molecule has 0 saturated carbocycles. The normalized spacial score (nSPS) is 11.9. The van der Waals surface area contributed by atoms with Crippen LogP contribution in [0.1, 0.15) is 52.6 Å². The van der Waals surface area contributed by atoms with E-state index in [4.69, 9.17) is 0 Å². The molecule has 0 aromatic heterocycles. The van der Waals surface area contributed by atoms with Gasteiger partial charge in [0.15, 0.2) is 0 Å². The summed E-state index contributed by atoms with van der Waals surface area (Å²) in [4.78, 5) is 48.4. The van der Waals surface area contributed by atoms with E-state index >= 15 is 0 Å². The first-order valence-corrected chi connectivity index (χ1v) is 9.88. The molecule has 0 saturated heterocycles. The Balaban J connectivity index is 3.10. The fraction of sp³-hybridized carbons (Fsp3) is 0.304. The van der Waals surface area contributed by atoms with Gasteiger partial charge in [-0.3, -0.25) is 0 Å². The average molecular weight is 536 g/mol. The summed E-state index contributed by atoms with van der Waals surface area (Å²) in [5.41, 5.74) is -11.1. The second kappa shape index (κ2) is 10.5. The Morgan fingerprint density at radius 2 is 0.784 bits per heavy atom. The topological polar surface area (TPSA) is 105 Å². The van der Waals surface area contributed by atoms with E-state index in [9.17, 15) is 45.5 Å². The minimum atomic E-state index is -6.13. The summed E-state index contributed by atoms with van der Waals surface area (Å²) in [6.07, 6.45) is -12.3. The van der Waals surface area contributed by atoms with Gasteiger partial charge in [0, 0.05) is 0 Å². The predicted molar refractivity (Wildman–Crippen MR) is 111 cm³/mol. The number of methoxy groups -OCH3 is 4. The van der Waals surface area contributed by atoms with Gasteiger partial charge < -0.3 is 18.9 Å². The van der Waals surface area contributed by atoms with E-state index in [1.54, 1.807) is 0 Å². The Morgan fingerprint density at radius 3 is 1.03 bits per heavy atom. The Labute approximate surface area is 205 Å². The highest BCUT2D eigenvalue weighted by Gasteiger charge is 2.72. The van der Waals surface area contributed by atoms with Crippen molar-refractivity contribution in [2.75, 3.05) is 28.4 Å². The zero-order valence-electron chi connectivity index (χ0n) is 19.5. The Kier molecular flexibility index (Phi) is 8.25. The standard InChI is InChI=1S/C23H18F6O8/c1-34-17(30)13-7-5-11(9-15(13)19(32)36-3)21(22(24,25)26,23(27,28)29)12-6-8-14(18(31)35-2)16(10-12)20(33)37-4/h5-10H,1-4H3.